The molecule has 0 spiro atoms. The fourth-order valence-corrected chi connectivity index (χ4v) is 5.94. The van der Waals surface area contributed by atoms with Gasteiger partial charge in [0.15, 0.2) is 5.82 Å². The minimum absolute atomic E-state index is 0.0823. The van der Waals surface area contributed by atoms with Gasteiger partial charge in [0.05, 0.1) is 0 Å². The van der Waals surface area contributed by atoms with Crippen LogP contribution in [0.5, 0.6) is 5.75 Å². The molecule has 1 aliphatic heterocycles. The number of nitrogens with zero attached hydrogens (tertiary/aromatic N) is 1. The fraction of sp³-hybridized carbons (Fsp3) is 0.704. The highest BCUT2D eigenvalue weighted by Crippen LogP contribution is 2.51. The van der Waals surface area contributed by atoms with E-state index in [-0.39, 0.29) is 28.2 Å². The number of ketones is 1. The number of alkyl halides is 2. The van der Waals surface area contributed by atoms with Crippen LogP contribution in [-0.4, -0.2) is 18.1 Å². The molecule has 0 saturated heterocycles. The van der Waals surface area contributed by atoms with Gasteiger partial charge < -0.3 is 4.74 Å². The molecule has 6 heteroatoms. The summed E-state index contributed by atoms with van der Waals surface area (Å²) in [7, 11) is 0. The summed E-state index contributed by atoms with van der Waals surface area (Å²) in [4.78, 5) is 17.4. The Bertz CT molecular complexity index is 916. The molecule has 0 radical (unpaired) electrons. The summed E-state index contributed by atoms with van der Waals surface area (Å²) in [5, 5.41) is 0. The van der Waals surface area contributed by atoms with Crippen molar-refractivity contribution in [1.29, 1.82) is 0 Å². The topological polar surface area (TPSA) is 38.7 Å². The van der Waals surface area contributed by atoms with E-state index in [2.05, 4.69) is 25.5 Å². The Morgan fingerprint density at radius 3 is 2.58 bits per heavy atom. The van der Waals surface area contributed by atoms with Crippen molar-refractivity contribution >= 4 is 17.2 Å². The van der Waals surface area contributed by atoms with Crippen LogP contribution < -0.4 is 4.74 Å². The van der Waals surface area contributed by atoms with Crippen LogP contribution in [-0.2, 0) is 11.2 Å². The predicted octanol–water partition coefficient (Wildman–Crippen LogP) is 7.82. The first-order valence-electron chi connectivity index (χ1n) is 12.4. The van der Waals surface area contributed by atoms with Crippen molar-refractivity contribution in [3.05, 3.63) is 23.5 Å². The Morgan fingerprint density at radius 1 is 1.24 bits per heavy atom. The van der Waals surface area contributed by atoms with E-state index in [9.17, 15) is 18.0 Å². The Kier molecular flexibility index (Phi) is 6.93. The summed E-state index contributed by atoms with van der Waals surface area (Å²) in [6, 6.07) is 2.50. The van der Waals surface area contributed by atoms with Gasteiger partial charge in [-0.25, -0.2) is 4.39 Å². The molecule has 3 nitrogen and oxygen atoms in total. The van der Waals surface area contributed by atoms with Gasteiger partial charge in [0.1, 0.15) is 17.2 Å². The number of aryl methyl sites for hydroxylation is 1. The van der Waals surface area contributed by atoms with Crippen LogP contribution >= 0.6 is 0 Å². The van der Waals surface area contributed by atoms with Gasteiger partial charge in [-0.05, 0) is 79.7 Å². The minimum Gasteiger partial charge on any atom is -0.435 e. The van der Waals surface area contributed by atoms with E-state index in [0.29, 0.717) is 49.4 Å². The molecule has 0 bridgehead atoms. The molecule has 1 aromatic rings. The van der Waals surface area contributed by atoms with Gasteiger partial charge in [-0.1, -0.05) is 27.2 Å². The highest BCUT2D eigenvalue weighted by Gasteiger charge is 2.43. The van der Waals surface area contributed by atoms with Gasteiger partial charge >= 0.3 is 6.61 Å². The van der Waals surface area contributed by atoms with Crippen LogP contribution in [0.15, 0.2) is 17.1 Å². The van der Waals surface area contributed by atoms with E-state index in [0.717, 1.165) is 31.0 Å². The molecule has 1 aromatic carbocycles. The van der Waals surface area contributed by atoms with Crippen LogP contribution in [0.1, 0.15) is 90.5 Å². The van der Waals surface area contributed by atoms with Crippen molar-refractivity contribution in [2.75, 3.05) is 0 Å². The molecule has 0 N–H and O–H groups in total. The van der Waals surface area contributed by atoms with E-state index in [4.69, 9.17) is 4.99 Å². The SMILES string of the molecule is CC(C)(CC(=O)CCCC1=Nc2c(F)cc(OC(F)F)cc2CCC1C1(C)CCC1)C1CC1. The second-order valence-electron chi connectivity index (χ2n) is 11.3. The molecule has 4 rings (SSSR count). The first-order chi connectivity index (χ1) is 15.6. The lowest BCUT2D eigenvalue weighted by molar-refractivity contribution is -0.121. The molecular formula is C27H36F3NO2. The molecule has 182 valence electrons. The third-order valence-corrected chi connectivity index (χ3v) is 8.26. The minimum atomic E-state index is -2.99. The lowest BCUT2D eigenvalue weighted by atomic mass is 9.59. The number of rotatable bonds is 10. The Hall–Kier alpha value is -1.85. The Morgan fingerprint density at radius 2 is 1.97 bits per heavy atom. The zero-order chi connectivity index (χ0) is 23.8. The lowest BCUT2D eigenvalue weighted by Crippen LogP contribution is -2.39. The maximum Gasteiger partial charge on any atom is 0.387 e. The number of hydrogen-bond acceptors (Lipinski definition) is 3. The third kappa shape index (κ3) is 5.63. The number of ether oxygens (including phenoxy) is 1. The molecule has 33 heavy (non-hydrogen) atoms. The maximum absolute atomic E-state index is 14.9. The van der Waals surface area contributed by atoms with Crippen LogP contribution in [0.4, 0.5) is 18.9 Å². The summed E-state index contributed by atoms with van der Waals surface area (Å²) < 4.78 is 44.6. The highest BCUT2D eigenvalue weighted by atomic mass is 19.3. The summed E-state index contributed by atoms with van der Waals surface area (Å²) in [6.45, 7) is 3.67. The second-order valence-corrected chi connectivity index (χ2v) is 11.3. The van der Waals surface area contributed by atoms with Crippen molar-refractivity contribution in [2.24, 2.45) is 27.7 Å². The molecule has 2 fully saturated rings. The Labute approximate surface area is 195 Å². The van der Waals surface area contributed by atoms with Crippen molar-refractivity contribution in [2.45, 2.75) is 98.0 Å². The number of aliphatic imine (C=N–C) groups is 1. The van der Waals surface area contributed by atoms with Crippen LogP contribution in [0.2, 0.25) is 0 Å². The van der Waals surface area contributed by atoms with Gasteiger partial charge in [-0.3, -0.25) is 9.79 Å². The van der Waals surface area contributed by atoms with Crippen molar-refractivity contribution < 1.29 is 22.7 Å². The number of benzene rings is 1. The standard InChI is InChI=1S/C27H36F3NO2/c1-26(2,18-9-10-18)16-19(32)6-4-7-23-21(27(3)12-5-13-27)11-8-17-14-20(33-25(29)30)15-22(28)24(17)31-23/h14-15,18,21,25H,4-13,16H2,1-3H3. The molecule has 3 aliphatic rings. The van der Waals surface area contributed by atoms with Crippen molar-refractivity contribution in [3.63, 3.8) is 0 Å². The van der Waals surface area contributed by atoms with Crippen molar-refractivity contribution in [1.82, 2.24) is 0 Å². The normalized spacial score (nSPS) is 22.3. The number of hydrogen-bond donors (Lipinski definition) is 0. The van der Waals surface area contributed by atoms with Crippen molar-refractivity contribution in [3.8, 4) is 5.75 Å². The smallest absolute Gasteiger partial charge is 0.387 e. The molecule has 0 aromatic heterocycles. The largest absolute Gasteiger partial charge is 0.435 e. The van der Waals surface area contributed by atoms with Gasteiger partial charge in [0, 0.05) is 30.5 Å². The molecule has 1 unspecified atom stereocenters. The Balaban J connectivity index is 1.50. The van der Waals surface area contributed by atoms with Crippen LogP contribution in [0.25, 0.3) is 0 Å². The van der Waals surface area contributed by atoms with Gasteiger partial charge in [-0.15, -0.1) is 0 Å². The van der Waals surface area contributed by atoms with Gasteiger partial charge in [0.2, 0.25) is 0 Å². The number of Topliss-reactive ketones (excluding diaryl/α,β-unsaturated/α-hetero) is 1. The molecule has 0 amide bonds. The van der Waals surface area contributed by atoms with Crippen LogP contribution in [0.3, 0.4) is 0 Å². The molecule has 1 heterocycles. The van der Waals surface area contributed by atoms with Crippen LogP contribution in [0, 0.1) is 28.5 Å². The maximum atomic E-state index is 14.9. The quantitative estimate of drug-likeness (QED) is 0.355. The summed E-state index contributed by atoms with van der Waals surface area (Å²) in [6.07, 6.45) is 9.79. The summed E-state index contributed by atoms with van der Waals surface area (Å²) in [5.74, 6) is 0.412. The number of carbonyl (C=O) groups is 1. The summed E-state index contributed by atoms with van der Waals surface area (Å²) >= 11 is 0. The fourth-order valence-electron chi connectivity index (χ4n) is 5.94. The molecule has 1 atom stereocenters. The van der Waals surface area contributed by atoms with E-state index in [1.54, 1.807) is 0 Å². The molecule has 2 saturated carbocycles. The second kappa shape index (κ2) is 9.42. The molecular weight excluding hydrogens is 427 g/mol. The van der Waals surface area contributed by atoms with E-state index >= 15 is 0 Å². The third-order valence-electron chi connectivity index (χ3n) is 8.26. The first-order valence-corrected chi connectivity index (χ1v) is 12.4. The highest BCUT2D eigenvalue weighted by molar-refractivity contribution is 5.91. The summed E-state index contributed by atoms with van der Waals surface area (Å²) in [5.41, 5.74) is 2.05. The lowest BCUT2D eigenvalue weighted by Gasteiger charge is -2.45. The molecule has 2 aliphatic carbocycles. The zero-order valence-corrected chi connectivity index (χ0v) is 20.1. The van der Waals surface area contributed by atoms with Gasteiger partial charge in [0.25, 0.3) is 0 Å². The van der Waals surface area contributed by atoms with E-state index in [1.807, 2.05) is 0 Å². The van der Waals surface area contributed by atoms with Gasteiger partial charge in [-0.2, -0.15) is 8.78 Å². The van der Waals surface area contributed by atoms with E-state index < -0.39 is 12.4 Å². The predicted molar refractivity (Wildman–Crippen MR) is 124 cm³/mol. The van der Waals surface area contributed by atoms with E-state index in [1.165, 1.54) is 25.3 Å². The average Bonchev–Trinajstić information content (AvgIpc) is 3.53. The number of fused-ring (bicyclic) bond motifs is 1. The first kappa shape index (κ1) is 24.3. The number of carbonyl (C=O) groups excluding carboxylic acids is 1. The number of halogens is 3. The average molecular weight is 464 g/mol. The zero-order valence-electron chi connectivity index (χ0n) is 20.1. The monoisotopic (exact) mass is 463 g/mol.